The molecule has 0 amide bonds. The SMILES string of the molecule is O=C([O-])c1cccc(C2=C(c3cc(C(F)(F)F)cnc3OCc3ccc(C(F)(F)F)cc3)CCC2)n1.[Na+]. The summed E-state index contributed by atoms with van der Waals surface area (Å²) in [6, 6.07) is 9.35. The van der Waals surface area contributed by atoms with Gasteiger partial charge >= 0.3 is 41.9 Å². The average molecular weight is 530 g/mol. The summed E-state index contributed by atoms with van der Waals surface area (Å²) in [7, 11) is 0. The largest absolute Gasteiger partial charge is 1.00 e. The molecule has 1 aliphatic rings. The second kappa shape index (κ2) is 11.2. The normalized spacial score (nSPS) is 13.9. The van der Waals surface area contributed by atoms with Crippen LogP contribution in [0.5, 0.6) is 5.88 Å². The minimum absolute atomic E-state index is 0. The Hall–Kier alpha value is -2.89. The Morgan fingerprint density at radius 2 is 1.57 bits per heavy atom. The number of alkyl halides is 6. The van der Waals surface area contributed by atoms with E-state index in [-0.39, 0.29) is 59.0 Å². The maximum atomic E-state index is 13.5. The zero-order chi connectivity index (χ0) is 26.1. The Kier molecular flexibility index (Phi) is 8.71. The summed E-state index contributed by atoms with van der Waals surface area (Å²) in [5, 5.41) is 11.2. The van der Waals surface area contributed by atoms with Gasteiger partial charge in [0.2, 0.25) is 5.88 Å². The number of benzene rings is 1. The quantitative estimate of drug-likeness (QED) is 0.362. The molecule has 0 N–H and O–H groups in total. The number of hydrogen-bond donors (Lipinski definition) is 0. The second-order valence-electron chi connectivity index (χ2n) is 8.06. The van der Waals surface area contributed by atoms with Gasteiger partial charge in [0.1, 0.15) is 6.61 Å². The Morgan fingerprint density at radius 1 is 0.919 bits per heavy atom. The first-order chi connectivity index (χ1) is 16.9. The number of carbonyl (C=O) groups excluding carboxylic acids is 1. The Balaban J connectivity index is 0.00000380. The van der Waals surface area contributed by atoms with Crippen LogP contribution in [0.2, 0.25) is 0 Å². The van der Waals surface area contributed by atoms with E-state index in [0.29, 0.717) is 42.2 Å². The van der Waals surface area contributed by atoms with Crippen LogP contribution in [-0.2, 0) is 19.0 Å². The number of hydrogen-bond acceptors (Lipinski definition) is 5. The molecule has 2 aromatic heterocycles. The Labute approximate surface area is 229 Å². The van der Waals surface area contributed by atoms with Gasteiger partial charge in [0, 0.05) is 11.8 Å². The number of nitrogens with zero attached hydrogens (tertiary/aromatic N) is 2. The third kappa shape index (κ3) is 6.71. The van der Waals surface area contributed by atoms with Crippen molar-refractivity contribution in [3.8, 4) is 5.88 Å². The summed E-state index contributed by atoms with van der Waals surface area (Å²) in [5.74, 6) is -1.62. The van der Waals surface area contributed by atoms with Crippen LogP contribution >= 0.6 is 0 Å². The Morgan fingerprint density at radius 3 is 2.19 bits per heavy atom. The molecule has 0 radical (unpaired) electrons. The van der Waals surface area contributed by atoms with Crippen molar-refractivity contribution >= 4 is 17.1 Å². The van der Waals surface area contributed by atoms with Gasteiger partial charge in [0.15, 0.2) is 0 Å². The van der Waals surface area contributed by atoms with E-state index in [1.165, 1.54) is 24.3 Å². The van der Waals surface area contributed by atoms with E-state index in [1.54, 1.807) is 6.07 Å². The molecular formula is C25H17F6N2NaO3. The summed E-state index contributed by atoms with van der Waals surface area (Å²) >= 11 is 0. The van der Waals surface area contributed by atoms with E-state index in [9.17, 15) is 36.2 Å². The Bertz CT molecular complexity index is 1320. The molecule has 1 aliphatic carbocycles. The van der Waals surface area contributed by atoms with Gasteiger partial charge < -0.3 is 14.6 Å². The molecule has 0 bridgehead atoms. The third-order valence-electron chi connectivity index (χ3n) is 5.65. The van der Waals surface area contributed by atoms with Crippen molar-refractivity contribution in [3.63, 3.8) is 0 Å². The van der Waals surface area contributed by atoms with E-state index in [2.05, 4.69) is 9.97 Å². The monoisotopic (exact) mass is 530 g/mol. The molecule has 0 atom stereocenters. The number of pyridine rings is 2. The van der Waals surface area contributed by atoms with Crippen LogP contribution in [0.15, 0.2) is 54.7 Å². The van der Waals surface area contributed by atoms with E-state index < -0.39 is 29.4 Å². The first kappa shape index (κ1) is 28.7. The molecule has 12 heteroatoms. The van der Waals surface area contributed by atoms with Gasteiger partial charge in [-0.2, -0.15) is 26.3 Å². The topological polar surface area (TPSA) is 75.1 Å². The number of halogens is 6. The van der Waals surface area contributed by atoms with Gasteiger partial charge in [-0.25, -0.2) is 9.97 Å². The van der Waals surface area contributed by atoms with Crippen molar-refractivity contribution in [2.24, 2.45) is 0 Å². The molecular weight excluding hydrogens is 513 g/mol. The molecule has 4 rings (SSSR count). The smallest absolute Gasteiger partial charge is 0.543 e. The predicted octanol–water partition coefficient (Wildman–Crippen LogP) is 2.56. The molecule has 37 heavy (non-hydrogen) atoms. The first-order valence-corrected chi connectivity index (χ1v) is 10.7. The van der Waals surface area contributed by atoms with Gasteiger partial charge in [-0.1, -0.05) is 18.2 Å². The van der Waals surface area contributed by atoms with Crippen LogP contribution in [0.25, 0.3) is 11.1 Å². The van der Waals surface area contributed by atoms with Gasteiger partial charge in [-0.05, 0) is 66.3 Å². The molecule has 3 aromatic rings. The van der Waals surface area contributed by atoms with Crippen LogP contribution in [0.1, 0.15) is 57.7 Å². The molecule has 0 saturated carbocycles. The van der Waals surface area contributed by atoms with Crippen molar-refractivity contribution in [2.45, 2.75) is 38.2 Å². The second-order valence-corrected chi connectivity index (χ2v) is 8.06. The van der Waals surface area contributed by atoms with Crippen molar-refractivity contribution in [1.82, 2.24) is 9.97 Å². The summed E-state index contributed by atoms with van der Waals surface area (Å²) in [6.45, 7) is -0.232. The number of rotatable bonds is 6. The maximum Gasteiger partial charge on any atom is 1.00 e. The zero-order valence-electron chi connectivity index (χ0n) is 19.4. The molecule has 0 spiro atoms. The molecule has 5 nitrogen and oxygen atoms in total. The summed E-state index contributed by atoms with van der Waals surface area (Å²) < 4.78 is 84.4. The molecule has 0 saturated heterocycles. The number of carboxylic acid groups (broad SMARTS) is 1. The van der Waals surface area contributed by atoms with Crippen molar-refractivity contribution in [1.29, 1.82) is 0 Å². The fourth-order valence-corrected chi connectivity index (χ4v) is 3.92. The van der Waals surface area contributed by atoms with Gasteiger partial charge in [0.25, 0.3) is 0 Å². The fourth-order valence-electron chi connectivity index (χ4n) is 3.92. The van der Waals surface area contributed by atoms with Crippen LogP contribution in [-0.4, -0.2) is 15.9 Å². The average Bonchev–Trinajstić information content (AvgIpc) is 3.31. The molecule has 2 heterocycles. The minimum Gasteiger partial charge on any atom is -0.543 e. The maximum absolute atomic E-state index is 13.5. The van der Waals surface area contributed by atoms with Crippen LogP contribution in [0.4, 0.5) is 26.3 Å². The fraction of sp³-hybridized carbons (Fsp3) is 0.240. The molecule has 188 valence electrons. The number of carboxylic acids is 1. The summed E-state index contributed by atoms with van der Waals surface area (Å²) in [5.41, 5.74) is -0.425. The van der Waals surface area contributed by atoms with Crippen LogP contribution in [0, 0.1) is 0 Å². The van der Waals surface area contributed by atoms with Crippen LogP contribution < -0.4 is 39.4 Å². The van der Waals surface area contributed by atoms with Gasteiger partial charge in [-0.15, -0.1) is 0 Å². The van der Waals surface area contributed by atoms with Crippen molar-refractivity contribution in [3.05, 3.63) is 88.4 Å². The van der Waals surface area contributed by atoms with E-state index >= 15 is 0 Å². The molecule has 1 aromatic carbocycles. The molecule has 0 aliphatic heterocycles. The number of aromatic nitrogens is 2. The molecule has 0 unspecified atom stereocenters. The number of allylic oxidation sites excluding steroid dienone is 2. The number of aromatic carboxylic acids is 1. The van der Waals surface area contributed by atoms with Crippen molar-refractivity contribution in [2.75, 3.05) is 0 Å². The van der Waals surface area contributed by atoms with Crippen molar-refractivity contribution < 1.29 is 70.5 Å². The van der Waals surface area contributed by atoms with Gasteiger partial charge in [0.05, 0.1) is 28.5 Å². The first-order valence-electron chi connectivity index (χ1n) is 10.7. The van der Waals surface area contributed by atoms with E-state index in [4.69, 9.17) is 4.74 Å². The van der Waals surface area contributed by atoms with E-state index in [0.717, 1.165) is 18.2 Å². The zero-order valence-corrected chi connectivity index (χ0v) is 21.4. The minimum atomic E-state index is -4.68. The van der Waals surface area contributed by atoms with Gasteiger partial charge in [-0.3, -0.25) is 0 Å². The molecule has 0 fully saturated rings. The third-order valence-corrected chi connectivity index (χ3v) is 5.65. The van der Waals surface area contributed by atoms with Crippen LogP contribution in [0.3, 0.4) is 0 Å². The summed E-state index contributed by atoms with van der Waals surface area (Å²) in [6.07, 6.45) is -7.18. The summed E-state index contributed by atoms with van der Waals surface area (Å²) in [4.78, 5) is 19.1. The standard InChI is InChI=1S/C25H18F6N2O3.Na/c26-24(27,28)15-9-7-14(8-10-15)13-36-22-19(11-16(12-32-22)25(29,30)31)17-3-1-4-18(17)20-5-2-6-21(33-20)23(34)35;/h2,5-12H,1,3-4,13H2,(H,34,35);/q;+1/p-1. The number of ether oxygens (including phenoxy) is 1. The number of carbonyl (C=O) groups is 1. The van der Waals surface area contributed by atoms with E-state index in [1.807, 2.05) is 0 Å². The predicted molar refractivity (Wildman–Crippen MR) is 114 cm³/mol.